The molecule has 11 heteroatoms. The summed E-state index contributed by atoms with van der Waals surface area (Å²) in [5, 5.41) is 2.75. The summed E-state index contributed by atoms with van der Waals surface area (Å²) in [5.74, 6) is -0.709. The van der Waals surface area contributed by atoms with E-state index in [9.17, 15) is 22.8 Å². The van der Waals surface area contributed by atoms with Crippen LogP contribution in [0.5, 0.6) is 0 Å². The number of aromatic nitrogens is 3. The molecule has 1 aliphatic rings. The Morgan fingerprint density at radius 1 is 1.08 bits per heavy atom. The zero-order chi connectivity index (χ0) is 26.8. The minimum absolute atomic E-state index is 0.0263. The largest absolute Gasteiger partial charge is 0.365 e. The van der Waals surface area contributed by atoms with E-state index >= 15 is 0 Å². The molecule has 1 fully saturated rings. The number of hydrogen-bond donors (Lipinski definition) is 2. The number of alkyl halides is 2. The maximum Gasteiger partial charge on any atom is 0.269 e. The predicted octanol–water partition coefficient (Wildman–Crippen LogP) is 3.70. The van der Waals surface area contributed by atoms with Crippen molar-refractivity contribution in [3.63, 3.8) is 0 Å². The lowest BCUT2D eigenvalue weighted by Crippen LogP contribution is -2.46. The Morgan fingerprint density at radius 3 is 2.28 bits per heavy atom. The van der Waals surface area contributed by atoms with Crippen molar-refractivity contribution in [2.24, 2.45) is 0 Å². The van der Waals surface area contributed by atoms with Crippen molar-refractivity contribution in [2.75, 3.05) is 45.2 Å². The van der Waals surface area contributed by atoms with Crippen LogP contribution in [0.1, 0.15) is 47.6 Å². The van der Waals surface area contributed by atoms with Gasteiger partial charge in [0.15, 0.2) is 6.29 Å². The number of hydrogen-bond acceptors (Lipinski definition) is 7. The molecule has 1 saturated heterocycles. The van der Waals surface area contributed by atoms with Crippen molar-refractivity contribution in [1.29, 1.82) is 0 Å². The molecular weight excluding hydrogens is 473 g/mol. The number of anilines is 1. The Labute approximate surface area is 208 Å². The molecule has 1 aliphatic heterocycles. The highest BCUT2D eigenvalue weighted by atomic mass is 19.3. The molecule has 0 radical (unpaired) electrons. The van der Waals surface area contributed by atoms with E-state index in [0.29, 0.717) is 49.2 Å². The number of aromatic amines is 1. The zero-order valence-electron chi connectivity index (χ0n) is 21.2. The van der Waals surface area contributed by atoms with Crippen molar-refractivity contribution < 1.29 is 18.0 Å². The van der Waals surface area contributed by atoms with E-state index in [-0.39, 0.29) is 29.0 Å². The van der Waals surface area contributed by atoms with Crippen molar-refractivity contribution in [1.82, 2.24) is 25.2 Å². The summed E-state index contributed by atoms with van der Waals surface area (Å²) in [4.78, 5) is 36.7. The average Bonchev–Trinajstić information content (AvgIpc) is 2.87. The van der Waals surface area contributed by atoms with Crippen LogP contribution in [0, 0.1) is 12.9 Å². The van der Waals surface area contributed by atoms with Crippen LogP contribution in [0.2, 0.25) is 0 Å². The van der Waals surface area contributed by atoms with Gasteiger partial charge in [-0.05, 0) is 44.8 Å². The highest BCUT2D eigenvalue weighted by Gasteiger charge is 2.24. The van der Waals surface area contributed by atoms with E-state index in [1.165, 1.54) is 19.1 Å². The minimum Gasteiger partial charge on any atom is -0.365 e. The lowest BCUT2D eigenvalue weighted by molar-refractivity contribution is 0.111. The maximum atomic E-state index is 14.2. The molecule has 2 aromatic heterocycles. The van der Waals surface area contributed by atoms with Gasteiger partial charge in [0.25, 0.3) is 12.0 Å². The van der Waals surface area contributed by atoms with Gasteiger partial charge >= 0.3 is 0 Å². The number of nitrogens with zero attached hydrogens (tertiary/aromatic N) is 4. The third kappa shape index (κ3) is 6.88. The molecule has 3 heterocycles. The molecule has 3 aromatic rings. The van der Waals surface area contributed by atoms with E-state index in [0.717, 1.165) is 0 Å². The number of carbonyl (C=O) groups is 1. The van der Waals surface area contributed by atoms with E-state index in [2.05, 4.69) is 20.3 Å². The third-order valence-electron chi connectivity index (χ3n) is 5.47. The van der Waals surface area contributed by atoms with Crippen LogP contribution in [0.3, 0.4) is 0 Å². The first-order chi connectivity index (χ1) is 17.3. The highest BCUT2D eigenvalue weighted by Crippen LogP contribution is 2.30. The fraction of sp³-hybridized carbons (Fsp3) is 0.440. The van der Waals surface area contributed by atoms with Gasteiger partial charge in [0, 0.05) is 38.3 Å². The Hall–Kier alpha value is -3.31. The van der Waals surface area contributed by atoms with Crippen molar-refractivity contribution in [2.45, 2.75) is 33.7 Å². The standard InChI is InChI=1S/C21H20F3N5O2.C2H7N.C2H6/c1-12-21(31)27-18-15(25-12)4-2-13(17(18)19(22)23)10-28-6-8-29(9-7-28)16-5-3-14(11-30)26-20(16)24;1-3-2;1-2/h2-5,11,19H,6-10H2,1H3,(H,27,31);3H,1-2H3;1-2H3. The molecule has 8 nitrogen and oxygen atoms in total. The fourth-order valence-electron chi connectivity index (χ4n) is 3.83. The first kappa shape index (κ1) is 28.9. The molecule has 0 unspecified atom stereocenters. The Balaban J connectivity index is 0.000000850. The summed E-state index contributed by atoms with van der Waals surface area (Å²) in [6, 6.07) is 6.22. The Morgan fingerprint density at radius 2 is 1.72 bits per heavy atom. The molecule has 36 heavy (non-hydrogen) atoms. The topological polar surface area (TPSA) is 94.2 Å². The van der Waals surface area contributed by atoms with Crippen molar-refractivity contribution in [3.05, 3.63) is 63.1 Å². The minimum atomic E-state index is -2.77. The van der Waals surface area contributed by atoms with Crippen LogP contribution in [0.15, 0.2) is 29.1 Å². The van der Waals surface area contributed by atoms with Gasteiger partial charge in [-0.3, -0.25) is 14.5 Å². The monoisotopic (exact) mass is 506 g/mol. The lowest BCUT2D eigenvalue weighted by atomic mass is 10.0. The number of aryl methyl sites for hydroxylation is 1. The highest BCUT2D eigenvalue weighted by molar-refractivity contribution is 5.79. The molecule has 0 saturated carbocycles. The predicted molar refractivity (Wildman–Crippen MR) is 135 cm³/mol. The summed E-state index contributed by atoms with van der Waals surface area (Å²) in [6.45, 7) is 7.81. The Kier molecular flexibility index (Phi) is 11.0. The molecule has 0 spiro atoms. The maximum absolute atomic E-state index is 14.2. The van der Waals surface area contributed by atoms with Gasteiger partial charge in [-0.1, -0.05) is 19.9 Å². The summed E-state index contributed by atoms with van der Waals surface area (Å²) in [6.07, 6.45) is -2.28. The fourth-order valence-corrected chi connectivity index (χ4v) is 3.83. The molecule has 0 amide bonds. The van der Waals surface area contributed by atoms with Gasteiger partial charge in [-0.25, -0.2) is 18.7 Å². The summed E-state index contributed by atoms with van der Waals surface area (Å²) < 4.78 is 41.9. The van der Waals surface area contributed by atoms with Gasteiger partial charge in [-0.15, -0.1) is 0 Å². The second-order valence-corrected chi connectivity index (χ2v) is 7.91. The molecule has 0 bridgehead atoms. The smallest absolute Gasteiger partial charge is 0.269 e. The van der Waals surface area contributed by atoms with Crippen LogP contribution >= 0.6 is 0 Å². The number of rotatable bonds is 5. The molecule has 2 N–H and O–H groups in total. The molecule has 1 aromatic carbocycles. The number of benzene rings is 1. The third-order valence-corrected chi connectivity index (χ3v) is 5.47. The number of piperazine rings is 1. The van der Waals surface area contributed by atoms with Crippen LogP contribution in [-0.2, 0) is 6.54 Å². The average molecular weight is 507 g/mol. The number of H-pyrrole nitrogens is 1. The summed E-state index contributed by atoms with van der Waals surface area (Å²) >= 11 is 0. The number of halogens is 3. The van der Waals surface area contributed by atoms with Crippen LogP contribution in [0.25, 0.3) is 11.0 Å². The number of carbonyl (C=O) groups excluding carboxylic acids is 1. The molecular formula is C25H33F3N6O2. The van der Waals surface area contributed by atoms with E-state index in [4.69, 9.17) is 0 Å². The number of aldehydes is 1. The molecule has 4 rings (SSSR count). The van der Waals surface area contributed by atoms with Gasteiger partial charge in [0.2, 0.25) is 5.95 Å². The van der Waals surface area contributed by atoms with Crippen LogP contribution in [0.4, 0.5) is 18.9 Å². The zero-order valence-corrected chi connectivity index (χ0v) is 21.2. The van der Waals surface area contributed by atoms with E-state index in [1.54, 1.807) is 12.1 Å². The SMILES string of the molecule is CC.CNC.Cc1nc2ccc(CN3CCN(c4ccc(C=O)nc4F)CC3)c(C(F)F)c2[nH]c1=O. The summed E-state index contributed by atoms with van der Waals surface area (Å²) in [7, 11) is 3.75. The van der Waals surface area contributed by atoms with Crippen LogP contribution in [-0.4, -0.2) is 66.4 Å². The quantitative estimate of drug-likeness (QED) is 0.403. The second-order valence-electron chi connectivity index (χ2n) is 7.91. The van der Waals surface area contributed by atoms with Gasteiger partial charge in [0.05, 0.1) is 16.7 Å². The first-order valence-corrected chi connectivity index (χ1v) is 11.8. The van der Waals surface area contributed by atoms with E-state index < -0.39 is 17.9 Å². The Bertz CT molecular complexity index is 1210. The lowest BCUT2D eigenvalue weighted by Gasteiger charge is -2.36. The number of pyridine rings is 1. The second kappa shape index (κ2) is 13.7. The molecule has 0 aliphatic carbocycles. The van der Waals surface area contributed by atoms with Gasteiger partial charge in [-0.2, -0.15) is 4.39 Å². The number of fused-ring (bicyclic) bond motifs is 1. The van der Waals surface area contributed by atoms with E-state index in [1.807, 2.05) is 37.7 Å². The van der Waals surface area contributed by atoms with Gasteiger partial charge in [0.1, 0.15) is 11.4 Å². The molecule has 196 valence electrons. The molecule has 0 atom stereocenters. The normalized spacial score (nSPS) is 13.6. The van der Waals surface area contributed by atoms with Gasteiger partial charge < -0.3 is 15.2 Å². The first-order valence-electron chi connectivity index (χ1n) is 11.8. The van der Waals surface area contributed by atoms with Crippen molar-refractivity contribution in [3.8, 4) is 0 Å². The van der Waals surface area contributed by atoms with Crippen molar-refractivity contribution >= 4 is 23.0 Å². The van der Waals surface area contributed by atoms with Crippen LogP contribution < -0.4 is 15.8 Å². The summed E-state index contributed by atoms with van der Waals surface area (Å²) in [5.41, 5.74) is 0.648. The number of nitrogens with one attached hydrogen (secondary N) is 2.